The van der Waals surface area contributed by atoms with Crippen molar-refractivity contribution in [2.75, 3.05) is 0 Å². The van der Waals surface area contributed by atoms with Gasteiger partial charge in [-0.05, 0) is 55.7 Å². The molecule has 2 N–H and O–H groups in total. The minimum absolute atomic E-state index is 0.304. The van der Waals surface area contributed by atoms with Gasteiger partial charge in [-0.25, -0.2) is 8.78 Å². The number of aromatic nitrogens is 1. The summed E-state index contributed by atoms with van der Waals surface area (Å²) in [6, 6.07) is 6.96. The molecule has 2 rings (SSSR count). The summed E-state index contributed by atoms with van der Waals surface area (Å²) in [4.78, 5) is 4.28. The second kappa shape index (κ2) is 5.45. The first-order chi connectivity index (χ1) is 8.94. The highest BCUT2D eigenvalue weighted by Crippen LogP contribution is 2.19. The number of halogens is 2. The van der Waals surface area contributed by atoms with Crippen LogP contribution in [0.25, 0.3) is 0 Å². The van der Waals surface area contributed by atoms with Crippen molar-refractivity contribution in [3.05, 3.63) is 64.5 Å². The van der Waals surface area contributed by atoms with Gasteiger partial charge < -0.3 is 5.73 Å². The topological polar surface area (TPSA) is 38.9 Å². The molecular weight excluding hydrogens is 246 g/mol. The van der Waals surface area contributed by atoms with E-state index in [1.807, 2.05) is 26.0 Å². The third kappa shape index (κ3) is 3.58. The zero-order valence-electron chi connectivity index (χ0n) is 11.0. The summed E-state index contributed by atoms with van der Waals surface area (Å²) < 4.78 is 26.2. The molecule has 2 aromatic rings. The molecule has 1 heterocycles. The Morgan fingerprint density at radius 3 is 2.05 bits per heavy atom. The smallest absolute Gasteiger partial charge is 0.126 e. The fourth-order valence-electron chi connectivity index (χ4n) is 2.18. The highest BCUT2D eigenvalue weighted by molar-refractivity contribution is 5.26. The van der Waals surface area contributed by atoms with E-state index in [9.17, 15) is 8.78 Å². The van der Waals surface area contributed by atoms with Crippen molar-refractivity contribution in [2.45, 2.75) is 26.3 Å². The zero-order valence-corrected chi connectivity index (χ0v) is 11.0. The second-order valence-electron chi connectivity index (χ2n) is 4.77. The van der Waals surface area contributed by atoms with Gasteiger partial charge in [-0.15, -0.1) is 0 Å². The van der Waals surface area contributed by atoms with Gasteiger partial charge in [-0.3, -0.25) is 4.98 Å². The molecule has 0 amide bonds. The summed E-state index contributed by atoms with van der Waals surface area (Å²) >= 11 is 0. The quantitative estimate of drug-likeness (QED) is 0.922. The molecule has 0 fully saturated rings. The Bertz CT molecular complexity index is 556. The van der Waals surface area contributed by atoms with E-state index in [-0.39, 0.29) is 6.04 Å². The summed E-state index contributed by atoms with van der Waals surface area (Å²) in [6.45, 7) is 3.79. The van der Waals surface area contributed by atoms with Crippen LogP contribution in [0.15, 0.2) is 30.3 Å². The lowest BCUT2D eigenvalue weighted by Crippen LogP contribution is -2.14. The summed E-state index contributed by atoms with van der Waals surface area (Å²) in [5.41, 5.74) is 9.34. The van der Waals surface area contributed by atoms with Crippen LogP contribution in [0.4, 0.5) is 8.78 Å². The first kappa shape index (κ1) is 13.6. The Kier molecular flexibility index (Phi) is 3.90. The highest BCUT2D eigenvalue weighted by Gasteiger charge is 2.10. The van der Waals surface area contributed by atoms with E-state index in [0.717, 1.165) is 23.0 Å². The number of nitrogens with zero attached hydrogens (tertiary/aromatic N) is 1. The van der Waals surface area contributed by atoms with Gasteiger partial charge in [0, 0.05) is 23.5 Å². The Morgan fingerprint density at radius 2 is 1.53 bits per heavy atom. The number of benzene rings is 1. The van der Waals surface area contributed by atoms with Gasteiger partial charge in [0.05, 0.1) is 0 Å². The molecule has 2 nitrogen and oxygen atoms in total. The Morgan fingerprint density at radius 1 is 1.00 bits per heavy atom. The summed E-state index contributed by atoms with van der Waals surface area (Å²) in [5, 5.41) is 0. The van der Waals surface area contributed by atoms with Gasteiger partial charge in [0.25, 0.3) is 0 Å². The third-order valence-corrected chi connectivity index (χ3v) is 2.91. The molecule has 1 aromatic carbocycles. The lowest BCUT2D eigenvalue weighted by molar-refractivity contribution is 0.576. The molecule has 0 radical (unpaired) electrons. The van der Waals surface area contributed by atoms with Crippen LogP contribution in [0, 0.1) is 25.5 Å². The van der Waals surface area contributed by atoms with Crippen molar-refractivity contribution in [1.29, 1.82) is 0 Å². The third-order valence-electron chi connectivity index (χ3n) is 2.91. The normalized spacial score (nSPS) is 12.5. The van der Waals surface area contributed by atoms with Crippen LogP contribution >= 0.6 is 0 Å². The van der Waals surface area contributed by atoms with Crippen molar-refractivity contribution in [2.24, 2.45) is 5.73 Å². The molecule has 0 spiro atoms. The molecule has 4 heteroatoms. The minimum atomic E-state index is -0.579. The molecule has 0 aliphatic heterocycles. The van der Waals surface area contributed by atoms with E-state index < -0.39 is 11.6 Å². The van der Waals surface area contributed by atoms with Crippen molar-refractivity contribution in [1.82, 2.24) is 4.98 Å². The van der Waals surface area contributed by atoms with Crippen molar-refractivity contribution in [3.8, 4) is 0 Å². The largest absolute Gasteiger partial charge is 0.324 e. The first-order valence-electron chi connectivity index (χ1n) is 6.10. The monoisotopic (exact) mass is 262 g/mol. The van der Waals surface area contributed by atoms with Crippen LogP contribution in [-0.4, -0.2) is 4.98 Å². The fraction of sp³-hybridized carbons (Fsp3) is 0.267. The van der Waals surface area contributed by atoms with Crippen molar-refractivity contribution >= 4 is 0 Å². The molecule has 0 bridgehead atoms. The highest BCUT2D eigenvalue weighted by atomic mass is 19.1. The SMILES string of the molecule is Cc1cc(C(N)Cc2cc(F)cc(F)c2)cc(C)n1. The zero-order chi connectivity index (χ0) is 14.0. The summed E-state index contributed by atoms with van der Waals surface area (Å²) in [7, 11) is 0. The molecule has 1 atom stereocenters. The number of rotatable bonds is 3. The molecule has 100 valence electrons. The molecular formula is C15H16F2N2. The Labute approximate surface area is 111 Å². The Hall–Kier alpha value is -1.81. The Balaban J connectivity index is 2.22. The first-order valence-corrected chi connectivity index (χ1v) is 6.10. The van der Waals surface area contributed by atoms with Crippen molar-refractivity contribution < 1.29 is 8.78 Å². The maximum Gasteiger partial charge on any atom is 0.126 e. The van der Waals surface area contributed by atoms with E-state index in [1.54, 1.807) is 0 Å². The molecule has 0 aliphatic carbocycles. The van der Waals surface area contributed by atoms with Crippen LogP contribution in [0.5, 0.6) is 0 Å². The molecule has 0 saturated heterocycles. The summed E-state index contributed by atoms with van der Waals surface area (Å²) in [5.74, 6) is -1.16. The second-order valence-corrected chi connectivity index (χ2v) is 4.77. The fourth-order valence-corrected chi connectivity index (χ4v) is 2.18. The van der Waals surface area contributed by atoms with Gasteiger partial charge >= 0.3 is 0 Å². The lowest BCUT2D eigenvalue weighted by atomic mass is 9.99. The average Bonchev–Trinajstić information content (AvgIpc) is 2.25. The number of hydrogen-bond acceptors (Lipinski definition) is 2. The standard InChI is InChI=1S/C15H16F2N2/c1-9-3-12(4-10(2)19-9)15(18)7-11-5-13(16)8-14(17)6-11/h3-6,8,15H,7,18H2,1-2H3. The van der Waals surface area contributed by atoms with Gasteiger partial charge in [0.1, 0.15) is 11.6 Å². The van der Waals surface area contributed by atoms with Crippen LogP contribution < -0.4 is 5.73 Å². The van der Waals surface area contributed by atoms with Crippen LogP contribution in [0.1, 0.15) is 28.6 Å². The predicted molar refractivity (Wildman–Crippen MR) is 70.7 cm³/mol. The van der Waals surface area contributed by atoms with E-state index in [0.29, 0.717) is 12.0 Å². The molecule has 0 saturated carbocycles. The molecule has 19 heavy (non-hydrogen) atoms. The number of pyridine rings is 1. The summed E-state index contributed by atoms with van der Waals surface area (Å²) in [6.07, 6.45) is 0.386. The van der Waals surface area contributed by atoms with Gasteiger partial charge in [0.15, 0.2) is 0 Å². The number of aryl methyl sites for hydroxylation is 2. The number of hydrogen-bond donors (Lipinski definition) is 1. The maximum atomic E-state index is 13.1. The molecule has 0 aliphatic rings. The van der Waals surface area contributed by atoms with E-state index in [2.05, 4.69) is 4.98 Å². The van der Waals surface area contributed by atoms with Crippen molar-refractivity contribution in [3.63, 3.8) is 0 Å². The van der Waals surface area contributed by atoms with Crippen LogP contribution in [0.2, 0.25) is 0 Å². The van der Waals surface area contributed by atoms with E-state index >= 15 is 0 Å². The predicted octanol–water partition coefficient (Wildman–Crippen LogP) is 3.22. The van der Waals surface area contributed by atoms with Gasteiger partial charge in [-0.1, -0.05) is 0 Å². The maximum absolute atomic E-state index is 13.1. The van der Waals surface area contributed by atoms with Crippen LogP contribution in [0.3, 0.4) is 0 Å². The minimum Gasteiger partial charge on any atom is -0.324 e. The average molecular weight is 262 g/mol. The van der Waals surface area contributed by atoms with E-state index in [4.69, 9.17) is 5.73 Å². The van der Waals surface area contributed by atoms with Crippen LogP contribution in [-0.2, 0) is 6.42 Å². The number of nitrogens with two attached hydrogens (primary N) is 1. The molecule has 1 unspecified atom stereocenters. The molecule has 1 aromatic heterocycles. The van der Waals surface area contributed by atoms with E-state index in [1.165, 1.54) is 12.1 Å². The lowest BCUT2D eigenvalue weighted by Gasteiger charge is -2.13. The van der Waals surface area contributed by atoms with Gasteiger partial charge in [-0.2, -0.15) is 0 Å². The van der Waals surface area contributed by atoms with Gasteiger partial charge in [0.2, 0.25) is 0 Å².